The van der Waals surface area contributed by atoms with Crippen LogP contribution in [-0.2, 0) is 16.0 Å². The van der Waals surface area contributed by atoms with E-state index >= 15 is 0 Å². The predicted octanol–water partition coefficient (Wildman–Crippen LogP) is 3.73. The van der Waals surface area contributed by atoms with Crippen molar-refractivity contribution in [2.45, 2.75) is 19.8 Å². The number of aryl methyl sites for hydroxylation is 1. The first-order valence-electron chi connectivity index (χ1n) is 8.05. The van der Waals surface area contributed by atoms with Crippen LogP contribution in [0.1, 0.15) is 17.5 Å². The number of nitrogens with one attached hydrogen (secondary N) is 2. The number of carbonyl (C=O) groups excluding carboxylic acids is 2. The Kier molecular flexibility index (Phi) is 6.08. The molecule has 2 N–H and O–H groups in total. The van der Waals surface area contributed by atoms with Gasteiger partial charge in [-0.2, -0.15) is 0 Å². The van der Waals surface area contributed by atoms with E-state index in [9.17, 15) is 9.59 Å². The fourth-order valence-electron chi connectivity index (χ4n) is 2.44. The molecule has 0 radical (unpaired) electrons. The first kappa shape index (κ1) is 18.2. The molecule has 0 aliphatic heterocycles. The summed E-state index contributed by atoms with van der Waals surface area (Å²) in [6.45, 7) is 2.01. The smallest absolute Gasteiger partial charge is 0.230 e. The number of carbonyl (C=O) groups is 2. The molecule has 8 heteroatoms. The van der Waals surface area contributed by atoms with Gasteiger partial charge in [0.05, 0.1) is 5.92 Å². The summed E-state index contributed by atoms with van der Waals surface area (Å²) in [6, 6.07) is 7.97. The van der Waals surface area contributed by atoms with Crippen LogP contribution < -0.4 is 10.6 Å². The van der Waals surface area contributed by atoms with E-state index in [2.05, 4.69) is 20.6 Å². The van der Waals surface area contributed by atoms with E-state index in [1.54, 1.807) is 23.2 Å². The Hall–Kier alpha value is -2.58. The first-order valence-corrected chi connectivity index (χ1v) is 9.81. The van der Waals surface area contributed by atoms with E-state index in [1.807, 2.05) is 31.2 Å². The van der Waals surface area contributed by atoms with Gasteiger partial charge >= 0.3 is 0 Å². The summed E-state index contributed by atoms with van der Waals surface area (Å²) in [5.74, 6) is -0.942. The van der Waals surface area contributed by atoms with Crippen molar-refractivity contribution in [3.8, 4) is 0 Å². The van der Waals surface area contributed by atoms with Crippen LogP contribution in [0.15, 0.2) is 47.4 Å². The summed E-state index contributed by atoms with van der Waals surface area (Å²) in [5.41, 5.74) is 2.16. The van der Waals surface area contributed by atoms with Crippen LogP contribution in [0.5, 0.6) is 0 Å². The maximum absolute atomic E-state index is 12.7. The average Bonchev–Trinajstić information content (AvgIpc) is 3.30. The highest BCUT2D eigenvalue weighted by Gasteiger charge is 2.23. The molecule has 1 atom stereocenters. The number of hydrogen-bond donors (Lipinski definition) is 2. The van der Waals surface area contributed by atoms with Crippen LogP contribution in [0.2, 0.25) is 0 Å². The van der Waals surface area contributed by atoms with E-state index in [0.29, 0.717) is 16.7 Å². The number of hydrogen-bond acceptors (Lipinski definition) is 6. The van der Waals surface area contributed by atoms with E-state index in [0.717, 1.165) is 11.1 Å². The van der Waals surface area contributed by atoms with Gasteiger partial charge in [-0.15, -0.1) is 22.7 Å². The third-order valence-corrected chi connectivity index (χ3v) is 5.12. The van der Waals surface area contributed by atoms with Gasteiger partial charge in [-0.05, 0) is 18.9 Å². The molecule has 26 heavy (non-hydrogen) atoms. The Balaban J connectivity index is 1.70. The number of amides is 2. The molecular weight excluding hydrogens is 368 g/mol. The van der Waals surface area contributed by atoms with Gasteiger partial charge in [0.15, 0.2) is 10.3 Å². The van der Waals surface area contributed by atoms with Crippen molar-refractivity contribution in [1.82, 2.24) is 9.97 Å². The average molecular weight is 387 g/mol. The van der Waals surface area contributed by atoms with E-state index in [-0.39, 0.29) is 18.2 Å². The lowest BCUT2D eigenvalue weighted by Gasteiger charge is -2.16. The number of thiazole rings is 2. The minimum absolute atomic E-state index is 0.0741. The molecule has 0 fully saturated rings. The summed E-state index contributed by atoms with van der Waals surface area (Å²) in [5, 5.41) is 10.2. The normalized spacial score (nSPS) is 11.7. The van der Waals surface area contributed by atoms with Gasteiger partial charge in [0, 0.05) is 29.6 Å². The molecule has 2 aromatic heterocycles. The van der Waals surface area contributed by atoms with Crippen LogP contribution in [0.3, 0.4) is 0 Å². The number of anilines is 2. The Morgan fingerprint density at radius 1 is 1.00 bits per heavy atom. The van der Waals surface area contributed by atoms with Crippen molar-refractivity contribution < 1.29 is 9.59 Å². The number of rotatable bonds is 7. The van der Waals surface area contributed by atoms with Crippen molar-refractivity contribution in [3.63, 3.8) is 0 Å². The summed E-state index contributed by atoms with van der Waals surface area (Å²) in [7, 11) is 0. The maximum Gasteiger partial charge on any atom is 0.230 e. The molecule has 0 saturated heterocycles. The van der Waals surface area contributed by atoms with Crippen LogP contribution >= 0.6 is 22.7 Å². The molecule has 1 unspecified atom stereocenters. The lowest BCUT2D eigenvalue weighted by Crippen LogP contribution is -2.29. The van der Waals surface area contributed by atoms with Gasteiger partial charge in [-0.3, -0.25) is 9.59 Å². The van der Waals surface area contributed by atoms with E-state index in [4.69, 9.17) is 0 Å². The summed E-state index contributed by atoms with van der Waals surface area (Å²) < 4.78 is 0. The van der Waals surface area contributed by atoms with Crippen LogP contribution in [0.25, 0.3) is 0 Å². The molecule has 6 nitrogen and oxygen atoms in total. The van der Waals surface area contributed by atoms with Crippen LogP contribution in [0.4, 0.5) is 10.3 Å². The molecule has 3 rings (SSSR count). The van der Waals surface area contributed by atoms with Crippen LogP contribution in [-0.4, -0.2) is 21.8 Å². The van der Waals surface area contributed by atoms with Crippen molar-refractivity contribution in [3.05, 3.63) is 58.5 Å². The lowest BCUT2D eigenvalue weighted by molar-refractivity contribution is -0.124. The minimum Gasteiger partial charge on any atom is -0.302 e. The largest absolute Gasteiger partial charge is 0.302 e. The quantitative estimate of drug-likeness (QED) is 0.648. The van der Waals surface area contributed by atoms with Gasteiger partial charge in [-0.1, -0.05) is 29.8 Å². The second kappa shape index (κ2) is 8.68. The molecule has 0 aliphatic rings. The minimum atomic E-state index is -0.499. The third kappa shape index (κ3) is 5.21. The zero-order valence-corrected chi connectivity index (χ0v) is 15.8. The van der Waals surface area contributed by atoms with Crippen molar-refractivity contribution in [2.75, 3.05) is 10.6 Å². The zero-order chi connectivity index (χ0) is 18.4. The van der Waals surface area contributed by atoms with Crippen molar-refractivity contribution in [1.29, 1.82) is 0 Å². The predicted molar refractivity (Wildman–Crippen MR) is 104 cm³/mol. The molecule has 134 valence electrons. The fourth-order valence-corrected chi connectivity index (χ4v) is 3.52. The Bertz CT molecular complexity index is 846. The highest BCUT2D eigenvalue weighted by Crippen LogP contribution is 2.19. The summed E-state index contributed by atoms with van der Waals surface area (Å²) in [6.07, 6.45) is 3.80. The van der Waals surface area contributed by atoms with E-state index < -0.39 is 5.92 Å². The summed E-state index contributed by atoms with van der Waals surface area (Å²) >= 11 is 2.69. The van der Waals surface area contributed by atoms with Crippen LogP contribution in [0, 0.1) is 12.8 Å². The standard InChI is InChI=1S/C18H18N4O2S2/c1-12-2-4-13(5-3-12)10-14(16(24)22-18-20-7-9-26-18)11-15(23)21-17-19-6-8-25-17/h2-9,14H,10-11H2,1H3,(H,19,21,23)(H,20,22,24). The molecule has 2 heterocycles. The van der Waals surface area contributed by atoms with Crippen molar-refractivity contribution in [2.24, 2.45) is 5.92 Å². The van der Waals surface area contributed by atoms with E-state index in [1.165, 1.54) is 22.7 Å². The fraction of sp³-hybridized carbons (Fsp3) is 0.222. The third-order valence-electron chi connectivity index (χ3n) is 3.75. The van der Waals surface area contributed by atoms with Gasteiger partial charge in [-0.25, -0.2) is 9.97 Å². The lowest BCUT2D eigenvalue weighted by atomic mass is 9.94. The zero-order valence-electron chi connectivity index (χ0n) is 14.1. The topological polar surface area (TPSA) is 84.0 Å². The highest BCUT2D eigenvalue weighted by molar-refractivity contribution is 7.14. The second-order valence-corrected chi connectivity index (χ2v) is 7.59. The SMILES string of the molecule is Cc1ccc(CC(CC(=O)Nc2nccs2)C(=O)Nc2nccs2)cc1. The molecule has 1 aromatic carbocycles. The van der Waals surface area contributed by atoms with Gasteiger partial charge < -0.3 is 10.6 Å². The molecule has 2 amide bonds. The Morgan fingerprint density at radius 2 is 1.62 bits per heavy atom. The van der Waals surface area contributed by atoms with Crippen molar-refractivity contribution >= 4 is 44.8 Å². The maximum atomic E-state index is 12.7. The highest BCUT2D eigenvalue weighted by atomic mass is 32.1. The second-order valence-electron chi connectivity index (χ2n) is 5.80. The molecule has 0 spiro atoms. The molecular formula is C18H18N4O2S2. The number of benzene rings is 1. The van der Waals surface area contributed by atoms with Gasteiger partial charge in [0.2, 0.25) is 11.8 Å². The molecule has 0 bridgehead atoms. The Labute approximate surface area is 159 Å². The van der Waals surface area contributed by atoms with Gasteiger partial charge in [0.25, 0.3) is 0 Å². The summed E-state index contributed by atoms with van der Waals surface area (Å²) in [4.78, 5) is 33.1. The molecule has 0 aliphatic carbocycles. The number of aromatic nitrogens is 2. The Morgan fingerprint density at radius 3 is 2.19 bits per heavy atom. The van der Waals surface area contributed by atoms with Gasteiger partial charge in [0.1, 0.15) is 0 Å². The molecule has 0 saturated carbocycles. The monoisotopic (exact) mass is 386 g/mol. The molecule has 3 aromatic rings. The number of nitrogens with zero attached hydrogens (tertiary/aromatic N) is 2. The first-order chi connectivity index (χ1) is 12.6.